The van der Waals surface area contributed by atoms with E-state index >= 15 is 0 Å². The Morgan fingerprint density at radius 3 is 2.87 bits per heavy atom. The zero-order valence-electron chi connectivity index (χ0n) is 12.5. The number of nitrogens with one attached hydrogen (secondary N) is 1. The van der Waals surface area contributed by atoms with E-state index in [9.17, 15) is 0 Å². The molecule has 1 spiro atoms. The van der Waals surface area contributed by atoms with E-state index in [-0.39, 0.29) is 5.92 Å². The summed E-state index contributed by atoms with van der Waals surface area (Å²) in [5.41, 5.74) is 3.00. The second-order valence-electron chi connectivity index (χ2n) is 6.90. The third-order valence-corrected chi connectivity index (χ3v) is 5.33. The fourth-order valence-corrected chi connectivity index (χ4v) is 4.13. The molecule has 2 aliphatic carbocycles. The molecule has 114 valence electrons. The summed E-state index contributed by atoms with van der Waals surface area (Å²) in [5.74, 6) is 1.85. The molecule has 1 N–H and O–H groups in total. The summed E-state index contributed by atoms with van der Waals surface area (Å²) in [7, 11) is 0. The van der Waals surface area contributed by atoms with E-state index < -0.39 is 0 Å². The third-order valence-electron chi connectivity index (χ3n) is 5.33. The van der Waals surface area contributed by atoms with Crippen molar-refractivity contribution >= 4 is 11.0 Å². The molecule has 3 aromatic rings. The molecule has 0 aliphatic heterocycles. The number of pyridine rings is 1. The highest BCUT2D eigenvalue weighted by molar-refractivity contribution is 5.77. The summed E-state index contributed by atoms with van der Waals surface area (Å²) in [6, 6.07) is 8.16. The van der Waals surface area contributed by atoms with Gasteiger partial charge in [-0.2, -0.15) is 10.2 Å². The van der Waals surface area contributed by atoms with Gasteiger partial charge in [-0.3, -0.25) is 0 Å². The van der Waals surface area contributed by atoms with Gasteiger partial charge in [0.25, 0.3) is 0 Å². The van der Waals surface area contributed by atoms with Crippen molar-refractivity contribution in [2.45, 2.75) is 31.6 Å². The van der Waals surface area contributed by atoms with Gasteiger partial charge in [-0.1, -0.05) is 5.16 Å². The first-order chi connectivity index (χ1) is 11.2. The van der Waals surface area contributed by atoms with Crippen LogP contribution in [0.1, 0.15) is 37.5 Å². The predicted octanol–water partition coefficient (Wildman–Crippen LogP) is 3.41. The van der Waals surface area contributed by atoms with Gasteiger partial charge < -0.3 is 9.51 Å². The highest BCUT2D eigenvalue weighted by Crippen LogP contribution is 2.63. The van der Waals surface area contributed by atoms with E-state index in [1.807, 2.05) is 24.4 Å². The Bertz CT molecular complexity index is 920. The van der Waals surface area contributed by atoms with Crippen LogP contribution in [0.2, 0.25) is 0 Å². The molecule has 0 amide bonds. The van der Waals surface area contributed by atoms with E-state index in [1.54, 1.807) is 0 Å². The quantitative estimate of drug-likeness (QED) is 0.783. The minimum absolute atomic E-state index is 0.256. The van der Waals surface area contributed by atoms with E-state index in [4.69, 9.17) is 9.78 Å². The lowest BCUT2D eigenvalue weighted by molar-refractivity contribution is -0.0291. The summed E-state index contributed by atoms with van der Waals surface area (Å²) in [4.78, 5) is 12.2. The lowest BCUT2D eigenvalue weighted by atomic mass is 9.48. The van der Waals surface area contributed by atoms with Crippen LogP contribution in [-0.2, 0) is 0 Å². The number of nitrogens with zero attached hydrogens (tertiary/aromatic N) is 4. The Labute approximate surface area is 132 Å². The van der Waals surface area contributed by atoms with Crippen LogP contribution < -0.4 is 0 Å². The summed E-state index contributed by atoms with van der Waals surface area (Å²) >= 11 is 0. The van der Waals surface area contributed by atoms with Crippen molar-refractivity contribution < 1.29 is 4.52 Å². The minimum Gasteiger partial charge on any atom is -0.360 e. The number of rotatable bonds is 2. The molecular formula is C17H15N5O. The molecule has 0 unspecified atom stereocenters. The van der Waals surface area contributed by atoms with Crippen molar-refractivity contribution in [3.63, 3.8) is 0 Å². The van der Waals surface area contributed by atoms with Crippen molar-refractivity contribution in [1.29, 1.82) is 5.26 Å². The largest absolute Gasteiger partial charge is 0.360 e. The Morgan fingerprint density at radius 2 is 2.04 bits per heavy atom. The second-order valence-corrected chi connectivity index (χ2v) is 6.90. The van der Waals surface area contributed by atoms with Gasteiger partial charge in [0.15, 0.2) is 0 Å². The van der Waals surface area contributed by atoms with Crippen LogP contribution in [0.25, 0.3) is 22.6 Å². The summed E-state index contributed by atoms with van der Waals surface area (Å²) < 4.78 is 5.46. The number of hydrogen-bond acceptors (Lipinski definition) is 5. The first-order valence-electron chi connectivity index (χ1n) is 7.92. The lowest BCUT2D eigenvalue weighted by Gasteiger charge is -2.55. The maximum Gasteiger partial charge on any atom is 0.230 e. The maximum absolute atomic E-state index is 8.91. The Balaban J connectivity index is 1.34. The molecule has 3 heterocycles. The summed E-state index contributed by atoms with van der Waals surface area (Å²) in [5, 5.41) is 13.0. The molecule has 23 heavy (non-hydrogen) atoms. The first-order valence-corrected chi connectivity index (χ1v) is 7.92. The van der Waals surface area contributed by atoms with Crippen molar-refractivity contribution in [1.82, 2.24) is 20.1 Å². The normalized spacial score (nSPS) is 29.2. The standard InChI is InChI=1S/C17H15N5O/c18-9-10-5-17(6-10)7-11(8-17)16-21-15(22-23-16)14-2-1-12-13(20-14)3-4-19-12/h1-4,10-11,19H,5-8H2. The van der Waals surface area contributed by atoms with Gasteiger partial charge in [0.05, 0.1) is 17.1 Å². The summed E-state index contributed by atoms with van der Waals surface area (Å²) in [6.07, 6.45) is 6.07. The van der Waals surface area contributed by atoms with Gasteiger partial charge in [-0.05, 0) is 49.3 Å². The summed E-state index contributed by atoms with van der Waals surface area (Å²) in [6.45, 7) is 0. The molecule has 0 saturated heterocycles. The van der Waals surface area contributed by atoms with Crippen LogP contribution in [0.3, 0.4) is 0 Å². The highest BCUT2D eigenvalue weighted by Gasteiger charge is 2.54. The molecule has 6 heteroatoms. The van der Waals surface area contributed by atoms with Crippen LogP contribution in [0.5, 0.6) is 0 Å². The zero-order chi connectivity index (χ0) is 15.4. The molecule has 2 saturated carbocycles. The SMILES string of the molecule is N#CC1CC2(C1)CC(c1nc(-c3ccc4[nH]ccc4n3)no1)C2. The molecule has 0 aromatic carbocycles. The zero-order valence-corrected chi connectivity index (χ0v) is 12.5. The van der Waals surface area contributed by atoms with Crippen LogP contribution in [0.15, 0.2) is 28.9 Å². The van der Waals surface area contributed by atoms with E-state index in [0.29, 0.717) is 23.0 Å². The van der Waals surface area contributed by atoms with E-state index in [0.717, 1.165) is 42.4 Å². The van der Waals surface area contributed by atoms with Gasteiger partial charge in [0.2, 0.25) is 11.7 Å². The lowest BCUT2D eigenvalue weighted by Crippen LogP contribution is -2.46. The molecule has 5 rings (SSSR count). The van der Waals surface area contributed by atoms with Crippen LogP contribution in [0, 0.1) is 22.7 Å². The monoisotopic (exact) mass is 305 g/mol. The predicted molar refractivity (Wildman–Crippen MR) is 82.1 cm³/mol. The van der Waals surface area contributed by atoms with Crippen molar-refractivity contribution in [2.24, 2.45) is 11.3 Å². The number of aromatic amines is 1. The number of nitriles is 1. The van der Waals surface area contributed by atoms with E-state index in [2.05, 4.69) is 26.2 Å². The average Bonchev–Trinajstić information content (AvgIpc) is 3.13. The van der Waals surface area contributed by atoms with Gasteiger partial charge in [0.1, 0.15) is 5.69 Å². The molecule has 3 aromatic heterocycles. The highest BCUT2D eigenvalue weighted by atomic mass is 16.5. The average molecular weight is 305 g/mol. The second kappa shape index (κ2) is 4.42. The number of fused-ring (bicyclic) bond motifs is 1. The minimum atomic E-state index is 0.256. The molecule has 0 atom stereocenters. The first kappa shape index (κ1) is 12.8. The topological polar surface area (TPSA) is 91.4 Å². The van der Waals surface area contributed by atoms with Gasteiger partial charge in [-0.25, -0.2) is 4.98 Å². The van der Waals surface area contributed by atoms with Crippen LogP contribution in [-0.4, -0.2) is 20.1 Å². The third kappa shape index (κ3) is 1.89. The van der Waals surface area contributed by atoms with Gasteiger partial charge in [-0.15, -0.1) is 0 Å². The maximum atomic E-state index is 8.91. The van der Waals surface area contributed by atoms with Crippen LogP contribution >= 0.6 is 0 Å². The van der Waals surface area contributed by atoms with Crippen molar-refractivity contribution in [3.8, 4) is 17.6 Å². The Kier molecular flexibility index (Phi) is 2.46. The fraction of sp³-hybridized carbons (Fsp3) is 0.412. The fourth-order valence-electron chi connectivity index (χ4n) is 4.13. The number of hydrogen-bond donors (Lipinski definition) is 1. The Hall–Kier alpha value is -2.68. The van der Waals surface area contributed by atoms with Crippen molar-refractivity contribution in [2.75, 3.05) is 0 Å². The van der Waals surface area contributed by atoms with E-state index in [1.165, 1.54) is 0 Å². The van der Waals surface area contributed by atoms with Crippen LogP contribution in [0.4, 0.5) is 0 Å². The smallest absolute Gasteiger partial charge is 0.230 e. The van der Waals surface area contributed by atoms with Crippen molar-refractivity contribution in [3.05, 3.63) is 30.3 Å². The molecule has 0 bridgehead atoms. The number of aromatic nitrogens is 4. The molecule has 2 fully saturated rings. The molecule has 0 radical (unpaired) electrons. The molecule has 6 nitrogen and oxygen atoms in total. The van der Waals surface area contributed by atoms with Gasteiger partial charge >= 0.3 is 0 Å². The van der Waals surface area contributed by atoms with Gasteiger partial charge in [0, 0.05) is 18.0 Å². The Morgan fingerprint density at radius 1 is 1.17 bits per heavy atom. The molecule has 2 aliphatic rings. The molecular weight excluding hydrogens is 290 g/mol. The number of H-pyrrole nitrogens is 1.